The molecule has 0 aliphatic rings. The molecule has 0 spiro atoms. The zero-order valence-electron chi connectivity index (χ0n) is 7.82. The first-order chi connectivity index (χ1) is 6.68. The minimum Gasteiger partial charge on any atom is -0.399 e. The van der Waals surface area contributed by atoms with Crippen LogP contribution in [0.25, 0.3) is 5.69 Å². The molecule has 1 heterocycles. The van der Waals surface area contributed by atoms with Gasteiger partial charge in [-0.15, -0.1) is 0 Å². The Morgan fingerprint density at radius 3 is 2.79 bits per heavy atom. The largest absolute Gasteiger partial charge is 0.399 e. The maximum Gasteiger partial charge on any atom is 0.330 e. The van der Waals surface area contributed by atoms with E-state index in [2.05, 4.69) is 4.98 Å². The van der Waals surface area contributed by atoms with E-state index in [9.17, 15) is 4.79 Å². The molecular weight excluding hydrogens is 178 g/mol. The first-order valence-corrected chi connectivity index (χ1v) is 4.31. The molecule has 0 atom stereocenters. The van der Waals surface area contributed by atoms with Gasteiger partial charge >= 0.3 is 5.69 Å². The van der Waals surface area contributed by atoms with Crippen LogP contribution in [0.3, 0.4) is 0 Å². The van der Waals surface area contributed by atoms with Gasteiger partial charge in [-0.3, -0.25) is 4.57 Å². The first kappa shape index (κ1) is 8.62. The van der Waals surface area contributed by atoms with E-state index in [1.165, 1.54) is 0 Å². The summed E-state index contributed by atoms with van der Waals surface area (Å²) in [7, 11) is 0. The summed E-state index contributed by atoms with van der Waals surface area (Å²) < 4.78 is 1.55. The van der Waals surface area contributed by atoms with Crippen molar-refractivity contribution in [2.45, 2.75) is 6.92 Å². The zero-order chi connectivity index (χ0) is 10.1. The lowest BCUT2D eigenvalue weighted by Gasteiger charge is -2.05. The van der Waals surface area contributed by atoms with Gasteiger partial charge in [0.15, 0.2) is 0 Å². The summed E-state index contributed by atoms with van der Waals surface area (Å²) >= 11 is 0. The SMILES string of the molecule is Cc1cc(N)ccc1-n1cc[nH]c1=O. The normalized spacial score (nSPS) is 10.4. The molecule has 1 aromatic heterocycles. The van der Waals surface area contributed by atoms with Crippen molar-refractivity contribution in [3.63, 3.8) is 0 Å². The van der Waals surface area contributed by atoms with Gasteiger partial charge < -0.3 is 10.7 Å². The number of hydrogen-bond donors (Lipinski definition) is 2. The lowest BCUT2D eigenvalue weighted by atomic mass is 10.2. The highest BCUT2D eigenvalue weighted by atomic mass is 16.1. The predicted molar refractivity (Wildman–Crippen MR) is 55.5 cm³/mol. The molecule has 1 aromatic carbocycles. The number of aromatic amines is 1. The van der Waals surface area contributed by atoms with Crippen LogP contribution < -0.4 is 11.4 Å². The van der Waals surface area contributed by atoms with Crippen molar-refractivity contribution in [1.82, 2.24) is 9.55 Å². The summed E-state index contributed by atoms with van der Waals surface area (Å²) in [5.74, 6) is 0. The van der Waals surface area contributed by atoms with Gasteiger partial charge in [0.25, 0.3) is 0 Å². The second kappa shape index (κ2) is 3.06. The fourth-order valence-electron chi connectivity index (χ4n) is 1.46. The maximum absolute atomic E-state index is 11.3. The minimum atomic E-state index is -0.141. The first-order valence-electron chi connectivity index (χ1n) is 4.31. The van der Waals surface area contributed by atoms with Crippen LogP contribution in [0.15, 0.2) is 35.4 Å². The highest BCUT2D eigenvalue weighted by Gasteiger charge is 2.02. The average Bonchev–Trinajstić information content (AvgIpc) is 2.52. The number of benzene rings is 1. The molecule has 0 saturated heterocycles. The highest BCUT2D eigenvalue weighted by molar-refractivity contribution is 5.50. The second-order valence-corrected chi connectivity index (χ2v) is 3.18. The summed E-state index contributed by atoms with van der Waals surface area (Å²) in [5.41, 5.74) is 8.02. The maximum atomic E-state index is 11.3. The summed E-state index contributed by atoms with van der Waals surface area (Å²) in [6.07, 6.45) is 3.30. The molecule has 14 heavy (non-hydrogen) atoms. The lowest BCUT2D eigenvalue weighted by Crippen LogP contribution is -2.14. The topological polar surface area (TPSA) is 63.8 Å². The Bertz CT molecular complexity index is 510. The van der Waals surface area contributed by atoms with E-state index in [0.29, 0.717) is 5.69 Å². The number of hydrogen-bond acceptors (Lipinski definition) is 2. The van der Waals surface area contributed by atoms with E-state index >= 15 is 0 Å². The molecule has 2 rings (SSSR count). The fourth-order valence-corrected chi connectivity index (χ4v) is 1.46. The molecule has 3 N–H and O–H groups in total. The molecule has 0 aliphatic carbocycles. The third-order valence-corrected chi connectivity index (χ3v) is 2.13. The van der Waals surface area contributed by atoms with E-state index in [-0.39, 0.29) is 5.69 Å². The minimum absolute atomic E-state index is 0.141. The van der Waals surface area contributed by atoms with Crippen molar-refractivity contribution in [1.29, 1.82) is 0 Å². The van der Waals surface area contributed by atoms with Gasteiger partial charge in [-0.1, -0.05) is 0 Å². The quantitative estimate of drug-likeness (QED) is 0.659. The molecule has 72 valence electrons. The van der Waals surface area contributed by atoms with E-state index in [1.807, 2.05) is 19.1 Å². The summed E-state index contributed by atoms with van der Waals surface area (Å²) in [6, 6.07) is 5.45. The van der Waals surface area contributed by atoms with Crippen LogP contribution in [0.4, 0.5) is 5.69 Å². The zero-order valence-corrected chi connectivity index (χ0v) is 7.82. The molecule has 2 aromatic rings. The van der Waals surface area contributed by atoms with Gasteiger partial charge in [-0.25, -0.2) is 4.79 Å². The van der Waals surface area contributed by atoms with Crippen LogP contribution in [-0.2, 0) is 0 Å². The molecule has 0 fully saturated rings. The van der Waals surface area contributed by atoms with Crippen LogP contribution in [0, 0.1) is 6.92 Å². The Hall–Kier alpha value is -1.97. The summed E-state index contributed by atoms with van der Waals surface area (Å²) in [5, 5.41) is 0. The molecule has 0 unspecified atom stereocenters. The van der Waals surface area contributed by atoms with Gasteiger partial charge in [-0.2, -0.15) is 0 Å². The molecule has 0 saturated carbocycles. The number of nitrogens with two attached hydrogens (primary N) is 1. The Morgan fingerprint density at radius 2 is 2.21 bits per heavy atom. The van der Waals surface area contributed by atoms with Gasteiger partial charge in [-0.05, 0) is 30.7 Å². The van der Waals surface area contributed by atoms with E-state index in [0.717, 1.165) is 11.3 Å². The average molecular weight is 189 g/mol. The molecule has 0 aliphatic heterocycles. The van der Waals surface area contributed by atoms with Crippen molar-refractivity contribution in [3.05, 3.63) is 46.6 Å². The number of imidazole rings is 1. The lowest BCUT2D eigenvalue weighted by molar-refractivity contribution is 0.976. The Labute approximate surface area is 81.0 Å². The van der Waals surface area contributed by atoms with Crippen LogP contribution in [0.5, 0.6) is 0 Å². The van der Waals surface area contributed by atoms with E-state index in [1.54, 1.807) is 23.0 Å². The Morgan fingerprint density at radius 1 is 1.43 bits per heavy atom. The van der Waals surface area contributed by atoms with Gasteiger partial charge in [0.1, 0.15) is 0 Å². The van der Waals surface area contributed by atoms with Gasteiger partial charge in [0.2, 0.25) is 0 Å². The van der Waals surface area contributed by atoms with Crippen LogP contribution in [0.2, 0.25) is 0 Å². The molecule has 0 amide bonds. The van der Waals surface area contributed by atoms with Crippen LogP contribution >= 0.6 is 0 Å². The summed E-state index contributed by atoms with van der Waals surface area (Å²) in [6.45, 7) is 1.92. The number of rotatable bonds is 1. The van der Waals surface area contributed by atoms with Crippen molar-refractivity contribution in [2.75, 3.05) is 5.73 Å². The fraction of sp³-hybridized carbons (Fsp3) is 0.100. The number of nitrogen functional groups attached to an aromatic ring is 1. The van der Waals surface area contributed by atoms with Crippen molar-refractivity contribution in [2.24, 2.45) is 0 Å². The van der Waals surface area contributed by atoms with Crippen molar-refractivity contribution in [3.8, 4) is 5.69 Å². The predicted octanol–water partition coefficient (Wildman–Crippen LogP) is 1.06. The molecule has 0 radical (unpaired) electrons. The van der Waals surface area contributed by atoms with Crippen molar-refractivity contribution < 1.29 is 0 Å². The molecule has 4 heteroatoms. The number of aromatic nitrogens is 2. The third kappa shape index (κ3) is 1.31. The number of H-pyrrole nitrogens is 1. The molecule has 0 bridgehead atoms. The monoisotopic (exact) mass is 189 g/mol. The van der Waals surface area contributed by atoms with Crippen LogP contribution in [-0.4, -0.2) is 9.55 Å². The number of aryl methyl sites for hydroxylation is 1. The molecular formula is C10H11N3O. The van der Waals surface area contributed by atoms with Gasteiger partial charge in [0.05, 0.1) is 5.69 Å². The van der Waals surface area contributed by atoms with Crippen LogP contribution in [0.1, 0.15) is 5.56 Å². The molecule has 4 nitrogen and oxygen atoms in total. The van der Waals surface area contributed by atoms with Crippen molar-refractivity contribution >= 4 is 5.69 Å². The Kier molecular flexibility index (Phi) is 1.89. The number of nitrogens with zero attached hydrogens (tertiary/aromatic N) is 1. The summed E-state index contributed by atoms with van der Waals surface area (Å²) in [4.78, 5) is 13.9. The second-order valence-electron chi connectivity index (χ2n) is 3.18. The highest BCUT2D eigenvalue weighted by Crippen LogP contribution is 2.14. The smallest absolute Gasteiger partial charge is 0.330 e. The number of anilines is 1. The van der Waals surface area contributed by atoms with E-state index in [4.69, 9.17) is 5.73 Å². The Balaban J connectivity index is 2.63. The third-order valence-electron chi connectivity index (χ3n) is 2.13. The van der Waals surface area contributed by atoms with E-state index < -0.39 is 0 Å². The number of nitrogens with one attached hydrogen (secondary N) is 1. The standard InChI is InChI=1S/C10H11N3O/c1-7-6-8(11)2-3-9(7)13-5-4-12-10(13)14/h2-6H,11H2,1H3,(H,12,14). The van der Waals surface area contributed by atoms with Gasteiger partial charge in [0, 0.05) is 18.1 Å².